The number of alkyl halides is 3. The van der Waals surface area contributed by atoms with E-state index in [0.29, 0.717) is 11.3 Å². The van der Waals surface area contributed by atoms with E-state index < -0.39 is 27.6 Å². The summed E-state index contributed by atoms with van der Waals surface area (Å²) in [6.07, 6.45) is -3.49. The highest BCUT2D eigenvalue weighted by molar-refractivity contribution is 6.31. The largest absolute Gasteiger partial charge is 0.457 e. The molecule has 0 fully saturated rings. The van der Waals surface area contributed by atoms with Crippen LogP contribution in [0.4, 0.5) is 24.5 Å². The fourth-order valence-corrected chi connectivity index (χ4v) is 2.93. The lowest BCUT2D eigenvalue weighted by Crippen LogP contribution is -2.14. The van der Waals surface area contributed by atoms with Crippen LogP contribution in [0.2, 0.25) is 5.02 Å². The number of anilines is 1. The number of amides is 1. The Morgan fingerprint density at radius 1 is 1.16 bits per heavy atom. The van der Waals surface area contributed by atoms with E-state index in [-0.39, 0.29) is 22.7 Å². The smallest absolute Gasteiger partial charge is 0.417 e. The minimum absolute atomic E-state index is 0.0276. The highest BCUT2D eigenvalue weighted by Crippen LogP contribution is 2.36. The number of non-ortho nitro benzene ring substituents is 1. The predicted octanol–water partition coefficient (Wildman–Crippen LogP) is 6.07. The van der Waals surface area contributed by atoms with Crippen molar-refractivity contribution >= 4 is 35.0 Å². The summed E-state index contributed by atoms with van der Waals surface area (Å²) in [5.74, 6) is -0.384. The van der Waals surface area contributed by atoms with Crippen LogP contribution in [-0.4, -0.2) is 10.8 Å². The van der Waals surface area contributed by atoms with Crippen molar-refractivity contribution in [3.05, 3.63) is 86.6 Å². The summed E-state index contributed by atoms with van der Waals surface area (Å²) in [5, 5.41) is 21.7. The molecule has 0 saturated heterocycles. The number of benzene rings is 2. The summed E-state index contributed by atoms with van der Waals surface area (Å²) in [6, 6.07) is 13.0. The molecule has 1 aromatic heterocycles. The molecule has 1 N–H and O–H groups in total. The number of hydrogen-bond acceptors (Lipinski definition) is 5. The summed E-state index contributed by atoms with van der Waals surface area (Å²) < 4.78 is 43.9. The summed E-state index contributed by atoms with van der Waals surface area (Å²) in [4.78, 5) is 22.5. The first-order valence-electron chi connectivity index (χ1n) is 8.73. The van der Waals surface area contributed by atoms with Crippen LogP contribution in [0.25, 0.3) is 17.4 Å². The van der Waals surface area contributed by atoms with Crippen LogP contribution in [-0.2, 0) is 11.0 Å². The van der Waals surface area contributed by atoms with Gasteiger partial charge >= 0.3 is 6.18 Å². The van der Waals surface area contributed by atoms with E-state index in [1.807, 2.05) is 0 Å². The quantitative estimate of drug-likeness (QED) is 0.214. The zero-order valence-corrected chi connectivity index (χ0v) is 16.6. The summed E-state index contributed by atoms with van der Waals surface area (Å²) in [7, 11) is 0. The number of nitriles is 1. The van der Waals surface area contributed by atoms with Crippen molar-refractivity contribution in [1.82, 2.24) is 0 Å². The summed E-state index contributed by atoms with van der Waals surface area (Å²) in [6.45, 7) is 0. The third kappa shape index (κ3) is 5.14. The predicted molar refractivity (Wildman–Crippen MR) is 109 cm³/mol. The maximum absolute atomic E-state index is 12.8. The number of nitrogens with zero attached hydrogens (tertiary/aromatic N) is 2. The van der Waals surface area contributed by atoms with Gasteiger partial charge in [-0.15, -0.1) is 0 Å². The zero-order chi connectivity index (χ0) is 23.5. The zero-order valence-electron chi connectivity index (χ0n) is 15.8. The average molecular weight is 462 g/mol. The lowest BCUT2D eigenvalue weighted by molar-refractivity contribution is -0.384. The minimum Gasteiger partial charge on any atom is -0.457 e. The molecule has 7 nitrogen and oxygen atoms in total. The Labute approximate surface area is 183 Å². The number of hydrogen-bond donors (Lipinski definition) is 1. The number of nitrogens with one attached hydrogen (secondary N) is 1. The Morgan fingerprint density at radius 3 is 2.41 bits per heavy atom. The van der Waals surface area contributed by atoms with Gasteiger partial charge in [0.1, 0.15) is 23.2 Å². The molecule has 0 saturated carbocycles. The van der Waals surface area contributed by atoms with Crippen LogP contribution in [0.1, 0.15) is 11.3 Å². The van der Waals surface area contributed by atoms with Crippen LogP contribution in [0.3, 0.4) is 0 Å². The van der Waals surface area contributed by atoms with Gasteiger partial charge in [0, 0.05) is 29.5 Å². The monoisotopic (exact) mass is 461 g/mol. The van der Waals surface area contributed by atoms with Gasteiger partial charge in [-0.25, -0.2) is 0 Å². The fourth-order valence-electron chi connectivity index (χ4n) is 2.65. The van der Waals surface area contributed by atoms with Gasteiger partial charge < -0.3 is 9.73 Å². The van der Waals surface area contributed by atoms with Crippen molar-refractivity contribution < 1.29 is 27.3 Å². The number of carbonyl (C=O) groups excluding carboxylic acids is 1. The minimum atomic E-state index is -4.64. The number of nitro groups is 1. The van der Waals surface area contributed by atoms with Crippen molar-refractivity contribution in [2.45, 2.75) is 6.18 Å². The molecule has 0 spiro atoms. The van der Waals surface area contributed by atoms with Crippen LogP contribution in [0.15, 0.2) is 64.6 Å². The number of carbonyl (C=O) groups is 1. The molecule has 0 unspecified atom stereocenters. The highest BCUT2D eigenvalue weighted by atomic mass is 35.5. The SMILES string of the molecule is N#C/C(=C\c1ccc(-c2ccc([N+](=O)[O-])cc2)o1)C(=O)Nc1ccc(C(F)(F)F)c(Cl)c1. The third-order valence-corrected chi connectivity index (χ3v) is 4.49. The second-order valence-electron chi connectivity index (χ2n) is 6.32. The molecule has 3 rings (SSSR count). The van der Waals surface area contributed by atoms with Gasteiger partial charge in [-0.3, -0.25) is 14.9 Å². The molecule has 2 aromatic carbocycles. The molecule has 0 aliphatic carbocycles. The van der Waals surface area contributed by atoms with E-state index in [4.69, 9.17) is 16.0 Å². The van der Waals surface area contributed by atoms with Gasteiger partial charge in [-0.2, -0.15) is 18.4 Å². The van der Waals surface area contributed by atoms with Gasteiger partial charge in [0.15, 0.2) is 0 Å². The van der Waals surface area contributed by atoms with E-state index in [1.165, 1.54) is 30.3 Å². The summed E-state index contributed by atoms with van der Waals surface area (Å²) >= 11 is 5.63. The van der Waals surface area contributed by atoms with Crippen molar-refractivity contribution in [3.8, 4) is 17.4 Å². The Morgan fingerprint density at radius 2 is 1.84 bits per heavy atom. The molecule has 0 radical (unpaired) electrons. The van der Waals surface area contributed by atoms with E-state index in [1.54, 1.807) is 12.1 Å². The number of rotatable bonds is 5. The second-order valence-corrected chi connectivity index (χ2v) is 6.73. The van der Waals surface area contributed by atoms with Crippen LogP contribution < -0.4 is 5.32 Å². The second kappa shape index (κ2) is 8.95. The lowest BCUT2D eigenvalue weighted by Gasteiger charge is -2.10. The van der Waals surface area contributed by atoms with E-state index >= 15 is 0 Å². The van der Waals surface area contributed by atoms with Crippen molar-refractivity contribution in [3.63, 3.8) is 0 Å². The topological polar surface area (TPSA) is 109 Å². The lowest BCUT2D eigenvalue weighted by atomic mass is 10.1. The molecule has 0 aliphatic heterocycles. The normalized spacial score (nSPS) is 11.7. The van der Waals surface area contributed by atoms with Gasteiger partial charge in [0.2, 0.25) is 0 Å². The van der Waals surface area contributed by atoms with E-state index in [0.717, 1.165) is 24.3 Å². The van der Waals surface area contributed by atoms with E-state index in [2.05, 4.69) is 5.32 Å². The number of halogens is 4. The molecule has 1 amide bonds. The molecule has 11 heteroatoms. The van der Waals surface area contributed by atoms with E-state index in [9.17, 15) is 33.3 Å². The molecular weight excluding hydrogens is 451 g/mol. The van der Waals surface area contributed by atoms with Crippen LogP contribution in [0, 0.1) is 21.4 Å². The maximum atomic E-state index is 12.8. The van der Waals surface area contributed by atoms with Crippen molar-refractivity contribution in [2.75, 3.05) is 5.32 Å². The third-order valence-electron chi connectivity index (χ3n) is 4.17. The Kier molecular flexibility index (Phi) is 6.32. The Hall–Kier alpha value is -4.10. The molecule has 32 heavy (non-hydrogen) atoms. The number of nitro benzene ring substituents is 1. The first kappa shape index (κ1) is 22.6. The molecule has 0 bridgehead atoms. The average Bonchev–Trinajstić information content (AvgIpc) is 3.19. The van der Waals surface area contributed by atoms with Gasteiger partial charge in [0.25, 0.3) is 11.6 Å². The van der Waals surface area contributed by atoms with Gasteiger partial charge in [-0.05, 0) is 42.5 Å². The molecule has 1 heterocycles. The molecule has 0 atom stereocenters. The number of furan rings is 1. The first-order valence-corrected chi connectivity index (χ1v) is 9.11. The highest BCUT2D eigenvalue weighted by Gasteiger charge is 2.33. The molecule has 0 aliphatic rings. The van der Waals surface area contributed by atoms with Crippen LogP contribution >= 0.6 is 11.6 Å². The standard InChI is InChI=1S/C21H11ClF3N3O4/c22-18-10-14(3-7-17(18)21(23,24)25)27-20(29)13(11-26)9-16-6-8-19(32-16)12-1-4-15(5-2-12)28(30)31/h1-10H,(H,27,29)/b13-9+. The molecular formula is C21H11ClF3N3O4. The van der Waals surface area contributed by atoms with Crippen LogP contribution in [0.5, 0.6) is 0 Å². The molecule has 3 aromatic rings. The van der Waals surface area contributed by atoms with Gasteiger partial charge in [-0.1, -0.05) is 11.6 Å². The fraction of sp³-hybridized carbons (Fsp3) is 0.0476. The maximum Gasteiger partial charge on any atom is 0.417 e. The van der Waals surface area contributed by atoms with Crippen molar-refractivity contribution in [1.29, 1.82) is 5.26 Å². The Bertz CT molecular complexity index is 1260. The van der Waals surface area contributed by atoms with Crippen molar-refractivity contribution in [2.24, 2.45) is 0 Å². The Balaban J connectivity index is 1.78. The summed E-state index contributed by atoms with van der Waals surface area (Å²) in [5.41, 5.74) is -1.00. The first-order chi connectivity index (χ1) is 15.1. The molecule has 162 valence electrons. The van der Waals surface area contributed by atoms with Gasteiger partial charge in [0.05, 0.1) is 15.5 Å².